The van der Waals surface area contributed by atoms with Gasteiger partial charge in [0, 0.05) is 24.8 Å². The first-order valence-corrected chi connectivity index (χ1v) is 5.96. The number of aliphatic hydroxyl groups excluding tert-OH is 1. The smallest absolute Gasteiger partial charge is 0.221 e. The number of amides is 1. The number of aliphatic hydroxyl groups is 1. The zero-order chi connectivity index (χ0) is 9.52. The molecular weight excluding hydrogens is 186 g/mol. The van der Waals surface area contributed by atoms with Crippen LogP contribution < -0.4 is 5.32 Å². The Morgan fingerprint density at radius 3 is 2.85 bits per heavy atom. The first-order chi connectivity index (χ1) is 6.33. The summed E-state index contributed by atoms with van der Waals surface area (Å²) in [6.45, 7) is 0.251. The van der Waals surface area contributed by atoms with Gasteiger partial charge in [-0.1, -0.05) is 0 Å². The molecule has 0 aliphatic heterocycles. The zero-order valence-corrected chi connectivity index (χ0v) is 8.61. The Kier molecular flexibility index (Phi) is 5.23. The Morgan fingerprint density at radius 2 is 2.23 bits per heavy atom. The number of rotatable bonds is 7. The van der Waals surface area contributed by atoms with E-state index in [-0.39, 0.29) is 12.5 Å². The van der Waals surface area contributed by atoms with Crippen LogP contribution in [0.25, 0.3) is 0 Å². The quantitative estimate of drug-likeness (QED) is 0.601. The molecule has 0 heterocycles. The van der Waals surface area contributed by atoms with Gasteiger partial charge in [0.25, 0.3) is 0 Å². The molecule has 1 aliphatic rings. The molecule has 0 saturated heterocycles. The molecule has 0 aromatic rings. The van der Waals surface area contributed by atoms with Crippen LogP contribution in [0.15, 0.2) is 0 Å². The van der Waals surface area contributed by atoms with Crippen molar-refractivity contribution in [1.29, 1.82) is 0 Å². The number of thioether (sulfide) groups is 1. The van der Waals surface area contributed by atoms with Gasteiger partial charge in [0.05, 0.1) is 0 Å². The number of hydrogen-bond acceptors (Lipinski definition) is 3. The Balaban J connectivity index is 1.83. The Labute approximate surface area is 83.3 Å². The van der Waals surface area contributed by atoms with Crippen LogP contribution in [0, 0.1) is 0 Å². The molecule has 3 nitrogen and oxygen atoms in total. The second-order valence-corrected chi connectivity index (χ2v) is 4.51. The molecule has 1 saturated carbocycles. The lowest BCUT2D eigenvalue weighted by Gasteiger charge is -2.02. The van der Waals surface area contributed by atoms with Gasteiger partial charge in [0.2, 0.25) is 5.91 Å². The Hall–Kier alpha value is -0.220. The highest BCUT2D eigenvalue weighted by Gasteiger charge is 2.22. The minimum absolute atomic E-state index is 0.180. The second-order valence-electron chi connectivity index (χ2n) is 3.28. The van der Waals surface area contributed by atoms with Gasteiger partial charge in [-0.15, -0.1) is 0 Å². The van der Waals surface area contributed by atoms with Crippen molar-refractivity contribution in [3.8, 4) is 0 Å². The topological polar surface area (TPSA) is 49.3 Å². The van der Waals surface area contributed by atoms with Gasteiger partial charge in [0.15, 0.2) is 0 Å². The van der Waals surface area contributed by atoms with Crippen molar-refractivity contribution in [1.82, 2.24) is 5.32 Å². The fourth-order valence-electron chi connectivity index (χ4n) is 0.961. The van der Waals surface area contributed by atoms with Crippen molar-refractivity contribution < 1.29 is 9.90 Å². The average Bonchev–Trinajstić information content (AvgIpc) is 2.88. The summed E-state index contributed by atoms with van der Waals surface area (Å²) in [7, 11) is 0. The third-order valence-electron chi connectivity index (χ3n) is 1.86. The first kappa shape index (κ1) is 10.9. The maximum Gasteiger partial charge on any atom is 0.221 e. The predicted molar refractivity (Wildman–Crippen MR) is 54.8 cm³/mol. The number of hydrogen-bond donors (Lipinski definition) is 2. The number of carbonyl (C=O) groups excluding carboxylic acids is 1. The van der Waals surface area contributed by atoms with Crippen molar-refractivity contribution in [2.75, 3.05) is 18.1 Å². The lowest BCUT2D eigenvalue weighted by atomic mass is 10.4. The van der Waals surface area contributed by atoms with E-state index in [0.717, 1.165) is 30.8 Å². The standard InChI is InChI=1S/C9H17NO2S/c11-5-1-6-13-7-4-9(12)10-8-2-3-8/h8,11H,1-7H2,(H,10,12). The maximum absolute atomic E-state index is 11.2. The molecule has 4 heteroatoms. The summed E-state index contributed by atoms with van der Waals surface area (Å²) < 4.78 is 0. The van der Waals surface area contributed by atoms with E-state index in [1.165, 1.54) is 0 Å². The molecule has 0 atom stereocenters. The molecule has 0 radical (unpaired) electrons. The second kappa shape index (κ2) is 6.27. The summed E-state index contributed by atoms with van der Waals surface area (Å²) in [5, 5.41) is 11.5. The van der Waals surface area contributed by atoms with E-state index in [0.29, 0.717) is 12.5 Å². The highest BCUT2D eigenvalue weighted by molar-refractivity contribution is 7.99. The maximum atomic E-state index is 11.2. The van der Waals surface area contributed by atoms with Gasteiger partial charge >= 0.3 is 0 Å². The summed E-state index contributed by atoms with van der Waals surface area (Å²) in [6.07, 6.45) is 3.76. The summed E-state index contributed by atoms with van der Waals surface area (Å²) in [4.78, 5) is 11.2. The summed E-state index contributed by atoms with van der Waals surface area (Å²) >= 11 is 1.73. The van der Waals surface area contributed by atoms with Crippen molar-refractivity contribution in [2.24, 2.45) is 0 Å². The summed E-state index contributed by atoms with van der Waals surface area (Å²) in [5.74, 6) is 2.00. The van der Waals surface area contributed by atoms with Crippen molar-refractivity contribution in [3.63, 3.8) is 0 Å². The van der Waals surface area contributed by atoms with Gasteiger partial charge in [-0.3, -0.25) is 4.79 Å². The third kappa shape index (κ3) is 5.93. The Bertz CT molecular complexity index is 160. The molecule has 13 heavy (non-hydrogen) atoms. The fraction of sp³-hybridized carbons (Fsp3) is 0.889. The van der Waals surface area contributed by atoms with E-state index >= 15 is 0 Å². The molecule has 0 aromatic carbocycles. The zero-order valence-electron chi connectivity index (χ0n) is 7.79. The van der Waals surface area contributed by atoms with Gasteiger partial charge in [-0.2, -0.15) is 11.8 Å². The normalized spacial score (nSPS) is 15.8. The SMILES string of the molecule is O=C(CCSCCCO)NC1CC1. The van der Waals surface area contributed by atoms with Crippen molar-refractivity contribution in [2.45, 2.75) is 31.7 Å². The van der Waals surface area contributed by atoms with Gasteiger partial charge in [-0.05, 0) is 25.0 Å². The van der Waals surface area contributed by atoms with Crippen LogP contribution in [0.1, 0.15) is 25.7 Å². The lowest BCUT2D eigenvalue weighted by Crippen LogP contribution is -2.25. The Morgan fingerprint density at radius 1 is 1.46 bits per heavy atom. The van der Waals surface area contributed by atoms with Crippen LogP contribution in [-0.2, 0) is 4.79 Å². The third-order valence-corrected chi connectivity index (χ3v) is 2.93. The number of carbonyl (C=O) groups is 1. The highest BCUT2D eigenvalue weighted by Crippen LogP contribution is 2.18. The van der Waals surface area contributed by atoms with Crippen molar-refractivity contribution in [3.05, 3.63) is 0 Å². The van der Waals surface area contributed by atoms with Crippen LogP contribution in [0.2, 0.25) is 0 Å². The van der Waals surface area contributed by atoms with E-state index in [1.54, 1.807) is 11.8 Å². The van der Waals surface area contributed by atoms with Crippen LogP contribution >= 0.6 is 11.8 Å². The molecular formula is C9H17NO2S. The largest absolute Gasteiger partial charge is 0.396 e. The van der Waals surface area contributed by atoms with Crippen LogP contribution in [-0.4, -0.2) is 35.2 Å². The minimum atomic E-state index is 0.180. The molecule has 0 spiro atoms. The van der Waals surface area contributed by atoms with Gasteiger partial charge < -0.3 is 10.4 Å². The monoisotopic (exact) mass is 203 g/mol. The molecule has 1 rings (SSSR count). The van der Waals surface area contributed by atoms with E-state index in [9.17, 15) is 4.79 Å². The molecule has 1 aliphatic carbocycles. The van der Waals surface area contributed by atoms with Crippen LogP contribution in [0.4, 0.5) is 0 Å². The minimum Gasteiger partial charge on any atom is -0.396 e. The van der Waals surface area contributed by atoms with E-state index in [2.05, 4.69) is 5.32 Å². The first-order valence-electron chi connectivity index (χ1n) is 4.81. The van der Waals surface area contributed by atoms with E-state index < -0.39 is 0 Å². The van der Waals surface area contributed by atoms with Crippen LogP contribution in [0.3, 0.4) is 0 Å². The lowest BCUT2D eigenvalue weighted by molar-refractivity contribution is -0.120. The average molecular weight is 203 g/mol. The van der Waals surface area contributed by atoms with E-state index in [1.807, 2.05) is 0 Å². The predicted octanol–water partition coefficient (Wildman–Crippen LogP) is 0.771. The molecule has 0 aromatic heterocycles. The van der Waals surface area contributed by atoms with E-state index in [4.69, 9.17) is 5.11 Å². The van der Waals surface area contributed by atoms with Crippen molar-refractivity contribution >= 4 is 17.7 Å². The van der Waals surface area contributed by atoms with Crippen LogP contribution in [0.5, 0.6) is 0 Å². The highest BCUT2D eigenvalue weighted by atomic mass is 32.2. The fourth-order valence-corrected chi connectivity index (χ4v) is 1.83. The molecule has 1 amide bonds. The molecule has 76 valence electrons. The summed E-state index contributed by atoms with van der Waals surface area (Å²) in [6, 6.07) is 0.481. The molecule has 1 fully saturated rings. The summed E-state index contributed by atoms with van der Waals surface area (Å²) in [5.41, 5.74) is 0. The van der Waals surface area contributed by atoms with Gasteiger partial charge in [0.1, 0.15) is 0 Å². The molecule has 2 N–H and O–H groups in total. The molecule has 0 unspecified atom stereocenters. The number of nitrogens with one attached hydrogen (secondary N) is 1. The van der Waals surface area contributed by atoms with Gasteiger partial charge in [-0.25, -0.2) is 0 Å². The molecule has 0 bridgehead atoms.